The topological polar surface area (TPSA) is 54.5 Å². The molecule has 1 saturated heterocycles. The highest BCUT2D eigenvalue weighted by Crippen LogP contribution is 2.18. The van der Waals surface area contributed by atoms with Crippen molar-refractivity contribution in [3.05, 3.63) is 51.9 Å². The molecule has 0 bridgehead atoms. The second-order valence-corrected chi connectivity index (χ2v) is 8.01. The van der Waals surface area contributed by atoms with E-state index in [1.807, 2.05) is 36.5 Å². The maximum Gasteiger partial charge on any atom is 0.244 e. The maximum absolute atomic E-state index is 11.9. The molecule has 2 aromatic rings. The predicted molar refractivity (Wildman–Crippen MR) is 106 cm³/mol. The van der Waals surface area contributed by atoms with Crippen LogP contribution in [0.2, 0.25) is 0 Å². The fourth-order valence-corrected chi connectivity index (χ4v) is 3.80. The minimum atomic E-state index is -0.101. The number of nitrogens with zero attached hydrogens (tertiary/aromatic N) is 2. The number of ether oxygens (including phenoxy) is 1. The number of aromatic nitrogens is 1. The molecule has 0 saturated carbocycles. The van der Waals surface area contributed by atoms with Crippen LogP contribution in [0.5, 0.6) is 0 Å². The molecule has 0 aromatic carbocycles. The minimum absolute atomic E-state index is 0.101. The summed E-state index contributed by atoms with van der Waals surface area (Å²) >= 11 is 1.67. The van der Waals surface area contributed by atoms with Crippen molar-refractivity contribution in [1.29, 1.82) is 0 Å². The third kappa shape index (κ3) is 5.16. The third-order valence-electron chi connectivity index (χ3n) is 4.18. The highest BCUT2D eigenvalue weighted by molar-refractivity contribution is 7.12. The Bertz CT molecular complexity index is 760. The number of amides is 1. The highest BCUT2D eigenvalue weighted by Gasteiger charge is 2.22. The number of rotatable bonds is 5. The van der Waals surface area contributed by atoms with Crippen molar-refractivity contribution in [1.82, 2.24) is 10.3 Å². The number of pyridine rings is 1. The Hall–Kier alpha value is -2.18. The molecule has 1 aliphatic heterocycles. The summed E-state index contributed by atoms with van der Waals surface area (Å²) in [6.07, 6.45) is 5.66. The molecule has 2 aromatic heterocycles. The summed E-state index contributed by atoms with van der Waals surface area (Å²) in [5.74, 6) is 0.853. The normalized spacial score (nSPS) is 20.5. The Labute approximate surface area is 158 Å². The summed E-state index contributed by atoms with van der Waals surface area (Å²) in [4.78, 5) is 21.1. The lowest BCUT2D eigenvalue weighted by Crippen LogP contribution is -2.45. The van der Waals surface area contributed by atoms with E-state index in [1.54, 1.807) is 17.4 Å². The molecular formula is C20H25N3O2S. The lowest BCUT2D eigenvalue weighted by atomic mass is 10.2. The number of anilines is 1. The number of morpholine rings is 1. The molecule has 2 atom stereocenters. The van der Waals surface area contributed by atoms with E-state index in [0.717, 1.165) is 29.3 Å². The van der Waals surface area contributed by atoms with E-state index in [4.69, 9.17) is 4.74 Å². The predicted octanol–water partition coefficient (Wildman–Crippen LogP) is 3.39. The van der Waals surface area contributed by atoms with Gasteiger partial charge in [-0.2, -0.15) is 0 Å². The summed E-state index contributed by atoms with van der Waals surface area (Å²) in [6, 6.07) is 8.08. The number of carbonyl (C=O) groups excluding carboxylic acids is 1. The molecule has 1 amide bonds. The fraction of sp³-hybridized carbons (Fsp3) is 0.400. The van der Waals surface area contributed by atoms with Gasteiger partial charge in [-0.25, -0.2) is 4.98 Å². The molecule has 138 valence electrons. The smallest absolute Gasteiger partial charge is 0.244 e. The first-order valence-corrected chi connectivity index (χ1v) is 9.69. The van der Waals surface area contributed by atoms with Gasteiger partial charge in [0.25, 0.3) is 0 Å². The number of carbonyl (C=O) groups is 1. The molecule has 1 N–H and O–H groups in total. The first-order chi connectivity index (χ1) is 12.5. The van der Waals surface area contributed by atoms with Gasteiger partial charge in [0.2, 0.25) is 5.91 Å². The van der Waals surface area contributed by atoms with Crippen molar-refractivity contribution in [2.24, 2.45) is 0 Å². The van der Waals surface area contributed by atoms with E-state index in [9.17, 15) is 4.79 Å². The van der Waals surface area contributed by atoms with Crippen molar-refractivity contribution in [3.8, 4) is 0 Å². The Kier molecular flexibility index (Phi) is 6.06. The van der Waals surface area contributed by atoms with E-state index in [0.29, 0.717) is 6.54 Å². The van der Waals surface area contributed by atoms with Crippen LogP contribution in [-0.4, -0.2) is 36.2 Å². The molecule has 0 aliphatic carbocycles. The Balaban J connectivity index is 1.51. The number of hydrogen-bond donors (Lipinski definition) is 1. The van der Waals surface area contributed by atoms with E-state index in [-0.39, 0.29) is 18.1 Å². The zero-order valence-electron chi connectivity index (χ0n) is 15.4. The molecule has 1 fully saturated rings. The molecule has 3 heterocycles. The van der Waals surface area contributed by atoms with E-state index in [2.05, 4.69) is 36.0 Å². The monoisotopic (exact) mass is 371 g/mol. The SMILES string of the molecule is Cc1ccc(C=CC(=O)NCc2ccc(N3CC(C)OC(C)C3)nc2)s1. The lowest BCUT2D eigenvalue weighted by molar-refractivity contribution is -0.116. The first kappa shape index (κ1) is 18.6. The number of nitrogens with one attached hydrogen (secondary N) is 1. The van der Waals surface area contributed by atoms with Crippen molar-refractivity contribution < 1.29 is 9.53 Å². The van der Waals surface area contributed by atoms with Crippen LogP contribution in [0.15, 0.2) is 36.5 Å². The van der Waals surface area contributed by atoms with Crippen LogP contribution in [0.1, 0.15) is 29.2 Å². The van der Waals surface area contributed by atoms with Crippen LogP contribution in [0.3, 0.4) is 0 Å². The molecule has 0 spiro atoms. The number of thiophene rings is 1. The molecule has 0 radical (unpaired) electrons. The van der Waals surface area contributed by atoms with Gasteiger partial charge in [-0.05, 0) is 50.6 Å². The molecule has 5 nitrogen and oxygen atoms in total. The summed E-state index contributed by atoms with van der Waals surface area (Å²) in [5, 5.41) is 2.89. The van der Waals surface area contributed by atoms with Crippen molar-refractivity contribution in [3.63, 3.8) is 0 Å². The number of hydrogen-bond acceptors (Lipinski definition) is 5. The first-order valence-electron chi connectivity index (χ1n) is 8.87. The average Bonchev–Trinajstić information content (AvgIpc) is 3.03. The summed E-state index contributed by atoms with van der Waals surface area (Å²) in [7, 11) is 0. The second kappa shape index (κ2) is 8.47. The zero-order chi connectivity index (χ0) is 18.5. The van der Waals surface area contributed by atoms with E-state index < -0.39 is 0 Å². The van der Waals surface area contributed by atoms with Gasteiger partial charge < -0.3 is 15.0 Å². The van der Waals surface area contributed by atoms with Gasteiger partial charge in [0.1, 0.15) is 5.82 Å². The Morgan fingerprint density at radius 1 is 1.31 bits per heavy atom. The van der Waals surface area contributed by atoms with Gasteiger partial charge in [-0.1, -0.05) is 6.07 Å². The van der Waals surface area contributed by atoms with Crippen LogP contribution >= 0.6 is 11.3 Å². The molecule has 26 heavy (non-hydrogen) atoms. The van der Waals surface area contributed by atoms with Gasteiger partial charge in [0.15, 0.2) is 0 Å². The third-order valence-corrected chi connectivity index (χ3v) is 5.15. The van der Waals surface area contributed by atoms with Crippen molar-refractivity contribution >= 4 is 29.1 Å². The van der Waals surface area contributed by atoms with Gasteiger partial charge >= 0.3 is 0 Å². The van der Waals surface area contributed by atoms with Gasteiger partial charge in [0.05, 0.1) is 12.2 Å². The Morgan fingerprint density at radius 3 is 2.69 bits per heavy atom. The minimum Gasteiger partial charge on any atom is -0.372 e. The lowest BCUT2D eigenvalue weighted by Gasteiger charge is -2.36. The van der Waals surface area contributed by atoms with Crippen LogP contribution < -0.4 is 10.2 Å². The highest BCUT2D eigenvalue weighted by atomic mass is 32.1. The average molecular weight is 372 g/mol. The van der Waals surface area contributed by atoms with Gasteiger partial charge in [-0.3, -0.25) is 4.79 Å². The summed E-state index contributed by atoms with van der Waals surface area (Å²) < 4.78 is 5.76. The molecule has 3 rings (SSSR count). The standard InChI is InChI=1S/C20H25N3O2S/c1-14-12-23(13-15(2)25-14)19-8-5-17(10-21-19)11-22-20(24)9-7-18-6-4-16(3)26-18/h4-10,14-15H,11-13H2,1-3H3,(H,22,24). The molecule has 6 heteroatoms. The zero-order valence-corrected chi connectivity index (χ0v) is 16.3. The van der Waals surface area contributed by atoms with E-state index >= 15 is 0 Å². The largest absolute Gasteiger partial charge is 0.372 e. The Morgan fingerprint density at radius 2 is 2.08 bits per heavy atom. The van der Waals surface area contributed by atoms with Crippen molar-refractivity contribution in [2.75, 3.05) is 18.0 Å². The van der Waals surface area contributed by atoms with E-state index in [1.165, 1.54) is 4.88 Å². The quantitative estimate of drug-likeness (QED) is 0.819. The maximum atomic E-state index is 11.9. The molecule has 1 aliphatic rings. The van der Waals surface area contributed by atoms with Gasteiger partial charge in [-0.15, -0.1) is 11.3 Å². The van der Waals surface area contributed by atoms with Crippen molar-refractivity contribution in [2.45, 2.75) is 39.5 Å². The fourth-order valence-electron chi connectivity index (χ4n) is 3.02. The number of aryl methyl sites for hydroxylation is 1. The van der Waals surface area contributed by atoms with Crippen LogP contribution in [-0.2, 0) is 16.1 Å². The van der Waals surface area contributed by atoms with Crippen LogP contribution in [0, 0.1) is 6.92 Å². The van der Waals surface area contributed by atoms with Gasteiger partial charge in [0, 0.05) is 41.7 Å². The molecule has 2 unspecified atom stereocenters. The second-order valence-electron chi connectivity index (χ2n) is 6.69. The summed E-state index contributed by atoms with van der Waals surface area (Å²) in [5.41, 5.74) is 0.983. The molecular weight excluding hydrogens is 346 g/mol. The van der Waals surface area contributed by atoms with Crippen LogP contribution in [0.25, 0.3) is 6.08 Å². The van der Waals surface area contributed by atoms with Crippen LogP contribution in [0.4, 0.5) is 5.82 Å². The summed E-state index contributed by atoms with van der Waals surface area (Å²) in [6.45, 7) is 8.38.